The Morgan fingerprint density at radius 1 is 1.32 bits per heavy atom. The summed E-state index contributed by atoms with van der Waals surface area (Å²) in [5.41, 5.74) is 0.974. The third-order valence-electron chi connectivity index (χ3n) is 3.57. The summed E-state index contributed by atoms with van der Waals surface area (Å²) >= 11 is 0. The SMILES string of the molecule is CC1COCCN1S(=O)(=O)c1ccc2c(c1)CCO2. The van der Waals surface area contributed by atoms with Crippen LogP contribution in [0.15, 0.2) is 23.1 Å². The van der Waals surface area contributed by atoms with E-state index in [1.807, 2.05) is 6.92 Å². The van der Waals surface area contributed by atoms with E-state index in [0.717, 1.165) is 17.7 Å². The first-order valence-corrected chi connectivity index (χ1v) is 7.88. The van der Waals surface area contributed by atoms with E-state index in [-0.39, 0.29) is 6.04 Å². The van der Waals surface area contributed by atoms with Gasteiger partial charge in [-0.25, -0.2) is 8.42 Å². The van der Waals surface area contributed by atoms with Gasteiger partial charge < -0.3 is 9.47 Å². The zero-order valence-corrected chi connectivity index (χ0v) is 11.6. The zero-order chi connectivity index (χ0) is 13.5. The minimum Gasteiger partial charge on any atom is -0.493 e. The number of benzene rings is 1. The van der Waals surface area contributed by atoms with Crippen molar-refractivity contribution in [1.29, 1.82) is 0 Å². The highest BCUT2D eigenvalue weighted by molar-refractivity contribution is 7.89. The third-order valence-corrected chi connectivity index (χ3v) is 5.58. The summed E-state index contributed by atoms with van der Waals surface area (Å²) in [7, 11) is -3.44. The van der Waals surface area contributed by atoms with Gasteiger partial charge in [-0.05, 0) is 30.7 Å². The Labute approximate surface area is 113 Å². The lowest BCUT2D eigenvalue weighted by molar-refractivity contribution is 0.0393. The Balaban J connectivity index is 1.95. The Morgan fingerprint density at radius 2 is 2.16 bits per heavy atom. The average molecular weight is 283 g/mol. The number of rotatable bonds is 2. The molecule has 0 aliphatic carbocycles. The first-order chi connectivity index (χ1) is 9.09. The van der Waals surface area contributed by atoms with Gasteiger partial charge in [0.25, 0.3) is 0 Å². The van der Waals surface area contributed by atoms with Gasteiger partial charge in [-0.1, -0.05) is 0 Å². The first kappa shape index (κ1) is 12.9. The van der Waals surface area contributed by atoms with Crippen molar-refractivity contribution in [1.82, 2.24) is 4.31 Å². The molecule has 2 aliphatic heterocycles. The Bertz CT molecular complexity index is 584. The molecule has 1 fully saturated rings. The van der Waals surface area contributed by atoms with Crippen LogP contribution in [0.5, 0.6) is 5.75 Å². The normalized spacial score (nSPS) is 23.9. The predicted octanol–water partition coefficient (Wildman–Crippen LogP) is 1.03. The van der Waals surface area contributed by atoms with Crippen LogP contribution in [-0.2, 0) is 21.2 Å². The minimum absolute atomic E-state index is 0.122. The van der Waals surface area contributed by atoms with Crippen LogP contribution in [0.3, 0.4) is 0 Å². The second-order valence-electron chi connectivity index (χ2n) is 4.91. The van der Waals surface area contributed by atoms with Gasteiger partial charge in [0.2, 0.25) is 10.0 Å². The Morgan fingerprint density at radius 3 is 2.95 bits per heavy atom. The summed E-state index contributed by atoms with van der Waals surface area (Å²) in [5, 5.41) is 0. The number of hydrogen-bond donors (Lipinski definition) is 0. The largest absolute Gasteiger partial charge is 0.493 e. The molecule has 104 valence electrons. The summed E-state index contributed by atoms with van der Waals surface area (Å²) in [6, 6.07) is 4.99. The lowest BCUT2D eigenvalue weighted by atomic mass is 10.2. The molecular weight excluding hydrogens is 266 g/mol. The molecule has 2 aliphatic rings. The second-order valence-corrected chi connectivity index (χ2v) is 6.80. The van der Waals surface area contributed by atoms with E-state index in [0.29, 0.717) is 31.3 Å². The van der Waals surface area contributed by atoms with E-state index < -0.39 is 10.0 Å². The topological polar surface area (TPSA) is 55.8 Å². The molecule has 0 saturated carbocycles. The molecular formula is C13H17NO4S. The Kier molecular flexibility index (Phi) is 3.24. The van der Waals surface area contributed by atoms with Crippen molar-refractivity contribution in [3.8, 4) is 5.75 Å². The van der Waals surface area contributed by atoms with Gasteiger partial charge in [-0.3, -0.25) is 0 Å². The summed E-state index contributed by atoms with van der Waals surface area (Å²) < 4.78 is 37.5. The fraction of sp³-hybridized carbons (Fsp3) is 0.538. The molecule has 0 amide bonds. The maximum atomic E-state index is 12.6. The molecule has 2 heterocycles. The monoisotopic (exact) mass is 283 g/mol. The lowest BCUT2D eigenvalue weighted by Crippen LogP contribution is -2.46. The van der Waals surface area contributed by atoms with Gasteiger partial charge in [-0.2, -0.15) is 4.31 Å². The molecule has 1 aromatic carbocycles. The molecule has 1 saturated heterocycles. The van der Waals surface area contributed by atoms with Crippen molar-refractivity contribution in [2.24, 2.45) is 0 Å². The number of ether oxygens (including phenoxy) is 2. The van der Waals surface area contributed by atoms with Gasteiger partial charge in [0.1, 0.15) is 5.75 Å². The fourth-order valence-corrected chi connectivity index (χ4v) is 4.18. The number of fused-ring (bicyclic) bond motifs is 1. The van der Waals surface area contributed by atoms with Crippen LogP contribution >= 0.6 is 0 Å². The molecule has 5 nitrogen and oxygen atoms in total. The van der Waals surface area contributed by atoms with Gasteiger partial charge >= 0.3 is 0 Å². The molecule has 0 aromatic heterocycles. The highest BCUT2D eigenvalue weighted by Gasteiger charge is 2.32. The second kappa shape index (κ2) is 4.77. The highest BCUT2D eigenvalue weighted by atomic mass is 32.2. The fourth-order valence-electron chi connectivity index (χ4n) is 2.53. The molecule has 0 bridgehead atoms. The molecule has 1 aromatic rings. The van der Waals surface area contributed by atoms with Gasteiger partial charge in [0, 0.05) is 19.0 Å². The third kappa shape index (κ3) is 2.24. The van der Waals surface area contributed by atoms with Crippen LogP contribution in [0.2, 0.25) is 0 Å². The van der Waals surface area contributed by atoms with Gasteiger partial charge in [-0.15, -0.1) is 0 Å². The van der Waals surface area contributed by atoms with Crippen molar-refractivity contribution < 1.29 is 17.9 Å². The van der Waals surface area contributed by atoms with Crippen LogP contribution in [0.25, 0.3) is 0 Å². The van der Waals surface area contributed by atoms with Gasteiger partial charge in [0.15, 0.2) is 0 Å². The number of sulfonamides is 1. The summed E-state index contributed by atoms with van der Waals surface area (Å²) in [5.74, 6) is 0.800. The zero-order valence-electron chi connectivity index (χ0n) is 10.8. The van der Waals surface area contributed by atoms with Crippen LogP contribution in [-0.4, -0.2) is 45.1 Å². The van der Waals surface area contributed by atoms with Crippen molar-refractivity contribution in [3.05, 3.63) is 23.8 Å². The first-order valence-electron chi connectivity index (χ1n) is 6.44. The van der Waals surface area contributed by atoms with Crippen LogP contribution in [0.1, 0.15) is 12.5 Å². The molecule has 1 atom stereocenters. The molecule has 1 unspecified atom stereocenters. The molecule has 19 heavy (non-hydrogen) atoms. The van der Waals surface area contributed by atoms with Crippen molar-refractivity contribution in [2.45, 2.75) is 24.3 Å². The predicted molar refractivity (Wildman–Crippen MR) is 69.8 cm³/mol. The number of nitrogens with zero attached hydrogens (tertiary/aromatic N) is 1. The lowest BCUT2D eigenvalue weighted by Gasteiger charge is -2.32. The van der Waals surface area contributed by atoms with E-state index >= 15 is 0 Å². The van der Waals surface area contributed by atoms with Gasteiger partial charge in [0.05, 0.1) is 24.7 Å². The maximum absolute atomic E-state index is 12.6. The van der Waals surface area contributed by atoms with E-state index in [1.165, 1.54) is 4.31 Å². The van der Waals surface area contributed by atoms with E-state index in [4.69, 9.17) is 9.47 Å². The van der Waals surface area contributed by atoms with E-state index in [9.17, 15) is 8.42 Å². The standard InChI is InChI=1S/C13H17NO4S/c1-10-9-17-7-5-14(10)19(15,16)12-2-3-13-11(8-12)4-6-18-13/h2-3,8,10H,4-7,9H2,1H3. The van der Waals surface area contributed by atoms with Crippen LogP contribution < -0.4 is 4.74 Å². The highest BCUT2D eigenvalue weighted by Crippen LogP contribution is 2.29. The number of hydrogen-bond acceptors (Lipinski definition) is 4. The maximum Gasteiger partial charge on any atom is 0.243 e. The van der Waals surface area contributed by atoms with Crippen LogP contribution in [0, 0.1) is 0 Å². The van der Waals surface area contributed by atoms with E-state index in [1.54, 1.807) is 18.2 Å². The summed E-state index contributed by atoms with van der Waals surface area (Å²) in [6.07, 6.45) is 0.775. The molecule has 3 rings (SSSR count). The summed E-state index contributed by atoms with van der Waals surface area (Å²) in [6.45, 7) is 3.82. The van der Waals surface area contributed by atoms with Crippen molar-refractivity contribution in [2.75, 3.05) is 26.4 Å². The number of morpholine rings is 1. The summed E-state index contributed by atoms with van der Waals surface area (Å²) in [4.78, 5) is 0.352. The molecule has 0 radical (unpaired) electrons. The van der Waals surface area contributed by atoms with E-state index in [2.05, 4.69) is 0 Å². The van der Waals surface area contributed by atoms with Crippen LogP contribution in [0.4, 0.5) is 0 Å². The minimum atomic E-state index is -3.44. The quantitative estimate of drug-likeness (QED) is 0.813. The average Bonchev–Trinajstić information content (AvgIpc) is 2.86. The smallest absolute Gasteiger partial charge is 0.243 e. The molecule has 0 spiro atoms. The Hall–Kier alpha value is -1.11. The molecule has 6 heteroatoms. The molecule has 0 N–H and O–H groups in total. The van der Waals surface area contributed by atoms with Crippen molar-refractivity contribution in [3.63, 3.8) is 0 Å². The van der Waals surface area contributed by atoms with Crippen molar-refractivity contribution >= 4 is 10.0 Å².